The molecule has 1 atom stereocenters. The lowest BCUT2D eigenvalue weighted by Gasteiger charge is -2.23. The van der Waals surface area contributed by atoms with Crippen molar-refractivity contribution in [1.29, 1.82) is 0 Å². The van der Waals surface area contributed by atoms with Crippen molar-refractivity contribution in [3.63, 3.8) is 0 Å². The summed E-state index contributed by atoms with van der Waals surface area (Å²) < 4.78 is 31.0. The summed E-state index contributed by atoms with van der Waals surface area (Å²) in [5, 5.41) is 5.02. The van der Waals surface area contributed by atoms with Crippen molar-refractivity contribution in [2.45, 2.75) is 12.2 Å². The summed E-state index contributed by atoms with van der Waals surface area (Å²) in [5.41, 5.74) is 6.31. The molecule has 184 valence electrons. The third-order valence-corrected chi connectivity index (χ3v) is 8.77. The van der Waals surface area contributed by atoms with Crippen LogP contribution >= 0.6 is 10.9 Å². The highest BCUT2D eigenvalue weighted by Crippen LogP contribution is 2.49. The lowest BCUT2D eigenvalue weighted by atomic mass is 9.98. The maximum absolute atomic E-state index is 14.0. The second-order valence-corrected chi connectivity index (χ2v) is 10.9. The number of thiol groups is 1. The molecule has 0 saturated carbocycles. The van der Waals surface area contributed by atoms with Crippen molar-refractivity contribution in [3.8, 4) is 11.1 Å². The monoisotopic (exact) mass is 503 g/mol. The van der Waals surface area contributed by atoms with E-state index in [9.17, 15) is 9.18 Å². The van der Waals surface area contributed by atoms with Crippen LogP contribution in [-0.4, -0.2) is 31.8 Å². The van der Waals surface area contributed by atoms with E-state index in [-0.39, 0.29) is 18.3 Å². The first-order chi connectivity index (χ1) is 17.7. The molecule has 3 aliphatic rings. The predicted molar refractivity (Wildman–Crippen MR) is 140 cm³/mol. The van der Waals surface area contributed by atoms with E-state index in [0.717, 1.165) is 10.5 Å². The predicted octanol–water partition coefficient (Wildman–Crippen LogP) is 6.24. The van der Waals surface area contributed by atoms with Crippen molar-refractivity contribution in [2.75, 3.05) is 25.7 Å². The largest absolute Gasteiger partial charge is 0.449 e. The van der Waals surface area contributed by atoms with Gasteiger partial charge in [-0.3, -0.25) is 0 Å². The third-order valence-electron chi connectivity index (χ3n) is 6.73. The van der Waals surface area contributed by atoms with Gasteiger partial charge in [0.1, 0.15) is 12.4 Å². The van der Waals surface area contributed by atoms with Crippen LogP contribution in [-0.2, 0) is 14.2 Å². The maximum atomic E-state index is 14.0. The number of nitrogens with one attached hydrogen (secondary N) is 1. The zero-order valence-electron chi connectivity index (χ0n) is 19.5. The molecule has 1 fully saturated rings. The Balaban J connectivity index is 1.11. The summed E-state index contributed by atoms with van der Waals surface area (Å²) in [6.07, 6.45) is 2.96. The Morgan fingerprint density at radius 3 is 2.36 bits per heavy atom. The van der Waals surface area contributed by atoms with E-state index in [0.29, 0.717) is 24.7 Å². The van der Waals surface area contributed by atoms with E-state index < -0.39 is 23.3 Å². The van der Waals surface area contributed by atoms with Crippen molar-refractivity contribution in [3.05, 3.63) is 112 Å². The highest BCUT2D eigenvalue weighted by Gasteiger charge is 2.29. The molecule has 7 heteroatoms. The van der Waals surface area contributed by atoms with Crippen LogP contribution in [0.3, 0.4) is 0 Å². The highest BCUT2D eigenvalue weighted by molar-refractivity contribution is 8.27. The fraction of sp³-hybridized carbons (Fsp3) is 0.207. The Kier molecular flexibility index (Phi) is 6.35. The topological polar surface area (TPSA) is 56.8 Å². The lowest BCUT2D eigenvalue weighted by Crippen LogP contribution is -2.26. The SMILES string of the molecule is O=C(NC[SH]1C=CC=C1c1ccc(F)cc1C1OCCO1)OCC1c2ccccc2-c2ccccc21. The Morgan fingerprint density at radius 2 is 1.64 bits per heavy atom. The number of hydrogen-bond donors (Lipinski definition) is 2. The number of amides is 1. The van der Waals surface area contributed by atoms with Crippen LogP contribution in [0.2, 0.25) is 0 Å². The molecule has 3 aromatic carbocycles. The first-order valence-corrected chi connectivity index (χ1v) is 13.6. The fourth-order valence-electron chi connectivity index (χ4n) is 5.10. The first-order valence-electron chi connectivity index (χ1n) is 12.0. The van der Waals surface area contributed by atoms with E-state index in [2.05, 4.69) is 35.0 Å². The summed E-state index contributed by atoms with van der Waals surface area (Å²) in [6, 6.07) is 21.2. The van der Waals surface area contributed by atoms with Gasteiger partial charge in [-0.2, -0.15) is 10.9 Å². The van der Waals surface area contributed by atoms with Crippen LogP contribution in [0, 0.1) is 5.82 Å². The first kappa shape index (κ1) is 23.0. The van der Waals surface area contributed by atoms with Gasteiger partial charge in [-0.1, -0.05) is 60.7 Å². The molecule has 0 aromatic heterocycles. The molecular formula is C29H26FNO4S. The fourth-order valence-corrected chi connectivity index (χ4v) is 6.92. The van der Waals surface area contributed by atoms with E-state index >= 15 is 0 Å². The average molecular weight is 504 g/mol. The molecule has 36 heavy (non-hydrogen) atoms. The Labute approximate surface area is 211 Å². The second-order valence-electron chi connectivity index (χ2n) is 8.83. The molecule has 5 nitrogen and oxygen atoms in total. The van der Waals surface area contributed by atoms with Crippen LogP contribution in [0.1, 0.15) is 34.5 Å². The standard InChI is InChI=1S/C29H26FNO4S/c30-19-11-12-24(25(16-19)28-33-13-14-34-28)27-10-5-15-36(27)18-31-29(32)35-17-26-22-8-3-1-6-20(22)21-7-2-4-9-23(21)26/h1-12,15-16,26,28,36H,13-14,17-18H2,(H,31,32). The quantitative estimate of drug-likeness (QED) is 0.391. The number of carbonyl (C=O) groups is 1. The number of hydrogen-bond acceptors (Lipinski definition) is 4. The minimum atomic E-state index is -0.828. The van der Waals surface area contributed by atoms with Gasteiger partial charge in [0.25, 0.3) is 0 Å². The van der Waals surface area contributed by atoms with Gasteiger partial charge in [0.2, 0.25) is 0 Å². The van der Waals surface area contributed by atoms with Crippen molar-refractivity contribution in [2.24, 2.45) is 0 Å². The van der Waals surface area contributed by atoms with Gasteiger partial charge in [-0.25, -0.2) is 9.18 Å². The summed E-state index contributed by atoms with van der Waals surface area (Å²) in [6.45, 7) is 1.24. The molecular weight excluding hydrogens is 477 g/mol. The number of rotatable bonds is 6. The van der Waals surface area contributed by atoms with E-state index in [1.165, 1.54) is 34.4 Å². The molecule has 3 aromatic rings. The number of ether oxygens (including phenoxy) is 3. The molecule has 0 spiro atoms. The van der Waals surface area contributed by atoms with Crippen LogP contribution in [0.5, 0.6) is 0 Å². The Morgan fingerprint density at radius 1 is 0.944 bits per heavy atom. The normalized spacial score (nSPS) is 19.7. The number of allylic oxidation sites excluding steroid dienone is 2. The Hall–Kier alpha value is -3.39. The van der Waals surface area contributed by atoms with Gasteiger partial charge in [-0.05, 0) is 51.4 Å². The zero-order valence-corrected chi connectivity index (χ0v) is 20.4. The molecule has 1 N–H and O–H groups in total. The molecule has 6 rings (SSSR count). The molecule has 2 aliphatic heterocycles. The van der Waals surface area contributed by atoms with Crippen LogP contribution < -0.4 is 5.32 Å². The van der Waals surface area contributed by atoms with E-state index in [4.69, 9.17) is 14.2 Å². The van der Waals surface area contributed by atoms with Gasteiger partial charge < -0.3 is 19.5 Å². The van der Waals surface area contributed by atoms with Crippen LogP contribution in [0.25, 0.3) is 16.0 Å². The van der Waals surface area contributed by atoms with Gasteiger partial charge in [0.15, 0.2) is 6.29 Å². The summed E-state index contributed by atoms with van der Waals surface area (Å²) in [5.74, 6) is 0.113. The summed E-state index contributed by atoms with van der Waals surface area (Å²) in [7, 11) is -0.828. The number of alkyl carbamates (subject to hydrolysis) is 1. The van der Waals surface area contributed by atoms with Crippen molar-refractivity contribution < 1.29 is 23.4 Å². The minimum Gasteiger partial charge on any atom is -0.449 e. The number of fused-ring (bicyclic) bond motifs is 3. The number of benzene rings is 3. The summed E-state index contributed by atoms with van der Waals surface area (Å²) in [4.78, 5) is 13.7. The Bertz CT molecular complexity index is 1320. The second kappa shape index (κ2) is 9.93. The van der Waals surface area contributed by atoms with Crippen molar-refractivity contribution >= 4 is 21.9 Å². The van der Waals surface area contributed by atoms with Gasteiger partial charge >= 0.3 is 6.09 Å². The van der Waals surface area contributed by atoms with E-state index in [1.807, 2.05) is 36.4 Å². The van der Waals surface area contributed by atoms with Crippen LogP contribution in [0.15, 0.2) is 84.3 Å². The molecule has 1 aliphatic carbocycles. The number of carbonyl (C=O) groups excluding carboxylic acids is 1. The molecule has 1 amide bonds. The third kappa shape index (κ3) is 4.34. The number of halogens is 1. The van der Waals surface area contributed by atoms with Gasteiger partial charge in [-0.15, -0.1) is 0 Å². The maximum Gasteiger partial charge on any atom is 0.407 e. The van der Waals surface area contributed by atoms with Gasteiger partial charge in [0.05, 0.1) is 19.1 Å². The smallest absolute Gasteiger partial charge is 0.407 e. The molecule has 0 bridgehead atoms. The van der Waals surface area contributed by atoms with Gasteiger partial charge in [0, 0.05) is 16.4 Å². The minimum absolute atomic E-state index is 0.0175. The molecule has 1 unspecified atom stereocenters. The molecule has 0 radical (unpaired) electrons. The zero-order chi connectivity index (χ0) is 24.5. The highest BCUT2D eigenvalue weighted by atomic mass is 32.2. The molecule has 1 saturated heterocycles. The van der Waals surface area contributed by atoms with Crippen LogP contribution in [0.4, 0.5) is 9.18 Å². The van der Waals surface area contributed by atoms with E-state index in [1.54, 1.807) is 6.07 Å². The van der Waals surface area contributed by atoms with Crippen molar-refractivity contribution in [1.82, 2.24) is 5.32 Å². The summed E-state index contributed by atoms with van der Waals surface area (Å²) >= 11 is 0. The molecule has 2 heterocycles. The average Bonchev–Trinajstić information content (AvgIpc) is 3.66. The lowest BCUT2D eigenvalue weighted by molar-refractivity contribution is -0.0444.